The number of amides is 1. The van der Waals surface area contributed by atoms with E-state index < -0.39 is 5.97 Å². The first-order valence-electron chi connectivity index (χ1n) is 9.23. The molecule has 0 saturated heterocycles. The third-order valence-corrected chi connectivity index (χ3v) is 4.03. The fraction of sp³-hybridized carbons (Fsp3) is 0.350. The van der Waals surface area contributed by atoms with Crippen molar-refractivity contribution in [1.29, 1.82) is 0 Å². The largest absolute Gasteiger partial charge is 0.494 e. The Hall–Kier alpha value is -3.53. The quantitative estimate of drug-likeness (QED) is 0.459. The normalized spacial score (nSPS) is 12.1. The monoisotopic (exact) mass is 415 g/mol. The molecule has 0 atom stereocenters. The molecule has 1 fully saturated rings. The van der Waals surface area contributed by atoms with Crippen molar-refractivity contribution in [1.82, 2.24) is 15.5 Å². The summed E-state index contributed by atoms with van der Waals surface area (Å²) >= 11 is 0. The second-order valence-corrected chi connectivity index (χ2v) is 6.41. The lowest BCUT2D eigenvalue weighted by atomic mass is 10.1. The molecule has 0 spiro atoms. The van der Waals surface area contributed by atoms with Crippen LogP contribution in [0.25, 0.3) is 0 Å². The van der Waals surface area contributed by atoms with Gasteiger partial charge in [0, 0.05) is 12.0 Å². The maximum Gasteiger partial charge on any atom is 0.341 e. The number of aldehydes is 1. The van der Waals surface area contributed by atoms with Crippen molar-refractivity contribution < 1.29 is 23.9 Å². The van der Waals surface area contributed by atoms with Gasteiger partial charge in [-0.1, -0.05) is 6.07 Å². The second-order valence-electron chi connectivity index (χ2n) is 6.41. The topological polar surface area (TPSA) is 132 Å². The number of benzene rings is 1. The Bertz CT molecular complexity index is 914. The molecule has 1 saturated carbocycles. The zero-order valence-electron chi connectivity index (χ0n) is 17.3. The fourth-order valence-electron chi connectivity index (χ4n) is 2.49. The maximum absolute atomic E-state index is 11.9. The van der Waals surface area contributed by atoms with E-state index in [1.165, 1.54) is 20.3 Å². The van der Waals surface area contributed by atoms with Gasteiger partial charge in [-0.15, -0.1) is 10.2 Å². The van der Waals surface area contributed by atoms with Crippen LogP contribution in [-0.4, -0.2) is 56.7 Å². The zero-order chi connectivity index (χ0) is 22.1. The summed E-state index contributed by atoms with van der Waals surface area (Å²) in [7, 11) is 6.44. The molecular weight excluding hydrogens is 390 g/mol. The van der Waals surface area contributed by atoms with E-state index in [4.69, 9.17) is 9.47 Å². The third-order valence-electron chi connectivity index (χ3n) is 4.03. The number of hydrogen-bond acceptors (Lipinski definition) is 9. The summed E-state index contributed by atoms with van der Waals surface area (Å²) in [5.41, 5.74) is 1.01. The number of esters is 1. The molecule has 0 bridgehead atoms. The molecule has 1 aromatic heterocycles. The number of ether oxygens (including phenoxy) is 2. The summed E-state index contributed by atoms with van der Waals surface area (Å²) in [4.78, 5) is 35.1. The van der Waals surface area contributed by atoms with Crippen LogP contribution in [0.2, 0.25) is 0 Å². The lowest BCUT2D eigenvalue weighted by Crippen LogP contribution is -2.15. The first kappa shape index (κ1) is 22.8. The molecule has 1 aromatic carbocycles. The summed E-state index contributed by atoms with van der Waals surface area (Å²) < 4.78 is 10.1. The predicted octanol–water partition coefficient (Wildman–Crippen LogP) is 2.01. The van der Waals surface area contributed by atoms with Crippen LogP contribution in [-0.2, 0) is 9.53 Å². The molecule has 3 N–H and O–H groups in total. The minimum atomic E-state index is -0.559. The van der Waals surface area contributed by atoms with Crippen molar-refractivity contribution in [2.75, 3.05) is 38.9 Å². The number of aromatic nitrogens is 2. The van der Waals surface area contributed by atoms with Crippen molar-refractivity contribution >= 4 is 35.4 Å². The van der Waals surface area contributed by atoms with Crippen LogP contribution in [0.1, 0.15) is 33.7 Å². The molecule has 1 amide bonds. The van der Waals surface area contributed by atoms with Gasteiger partial charge in [0.2, 0.25) is 5.91 Å². The van der Waals surface area contributed by atoms with Crippen molar-refractivity contribution in [3.05, 3.63) is 35.5 Å². The number of methoxy groups -OCH3 is 2. The van der Waals surface area contributed by atoms with Gasteiger partial charge in [-0.05, 0) is 39.1 Å². The summed E-state index contributed by atoms with van der Waals surface area (Å²) in [6.45, 7) is 0. The van der Waals surface area contributed by atoms with Gasteiger partial charge in [-0.2, -0.15) is 0 Å². The summed E-state index contributed by atoms with van der Waals surface area (Å²) in [5.74, 6) is -0.203. The van der Waals surface area contributed by atoms with E-state index in [-0.39, 0.29) is 34.6 Å². The van der Waals surface area contributed by atoms with E-state index in [0.29, 0.717) is 17.7 Å². The molecule has 0 radical (unpaired) electrons. The van der Waals surface area contributed by atoms with Crippen LogP contribution in [0.3, 0.4) is 0 Å². The number of hydrogen-bond donors (Lipinski definition) is 3. The van der Waals surface area contributed by atoms with Crippen molar-refractivity contribution in [3.8, 4) is 5.75 Å². The first-order chi connectivity index (χ1) is 14.5. The number of anilines is 3. The molecule has 2 aromatic rings. The molecule has 3 rings (SSSR count). The van der Waals surface area contributed by atoms with E-state index in [1.807, 2.05) is 14.1 Å². The molecule has 1 aliphatic carbocycles. The Balaban J connectivity index is 0.00000101. The lowest BCUT2D eigenvalue weighted by molar-refractivity contribution is -0.117. The highest BCUT2D eigenvalue weighted by molar-refractivity contribution is 5.96. The van der Waals surface area contributed by atoms with Crippen LogP contribution in [0.5, 0.6) is 5.75 Å². The van der Waals surface area contributed by atoms with Gasteiger partial charge >= 0.3 is 5.97 Å². The van der Waals surface area contributed by atoms with Crippen molar-refractivity contribution in [2.45, 2.75) is 12.8 Å². The average molecular weight is 415 g/mol. The van der Waals surface area contributed by atoms with Crippen molar-refractivity contribution in [3.63, 3.8) is 0 Å². The molecule has 1 heterocycles. The number of rotatable bonds is 7. The van der Waals surface area contributed by atoms with Crippen LogP contribution in [0.15, 0.2) is 24.3 Å². The Labute approximate surface area is 174 Å². The van der Waals surface area contributed by atoms with E-state index in [1.54, 1.807) is 18.2 Å². The van der Waals surface area contributed by atoms with Crippen LogP contribution in [0.4, 0.5) is 17.2 Å². The standard InChI is InChI=1S/C18H18N4O5.C2H7N/c1-26-16-11(18(25)27-2)4-3-5-12(16)19-13-8-15(22-21-14(13)9-23)20-17(24)10-6-7-10;1-3-2/h3-5,8-10H,6-7H2,1-2H3,(H2,19,20,22,24);3H,1-2H3. The average Bonchev–Trinajstić information content (AvgIpc) is 3.59. The molecular formula is C20H25N5O5. The Morgan fingerprint density at radius 1 is 1.13 bits per heavy atom. The number of nitrogens with one attached hydrogen (secondary N) is 3. The number of carbonyl (C=O) groups is 3. The number of nitrogens with zero attached hydrogens (tertiary/aromatic N) is 2. The molecule has 160 valence electrons. The molecule has 0 unspecified atom stereocenters. The summed E-state index contributed by atoms with van der Waals surface area (Å²) in [6, 6.07) is 6.37. The Kier molecular flexibility index (Phi) is 8.24. The Morgan fingerprint density at radius 3 is 2.40 bits per heavy atom. The van der Waals surface area contributed by atoms with E-state index in [9.17, 15) is 14.4 Å². The van der Waals surface area contributed by atoms with Gasteiger partial charge in [0.1, 0.15) is 11.3 Å². The van der Waals surface area contributed by atoms with E-state index in [0.717, 1.165) is 12.8 Å². The van der Waals surface area contributed by atoms with Gasteiger partial charge in [-0.25, -0.2) is 4.79 Å². The van der Waals surface area contributed by atoms with E-state index >= 15 is 0 Å². The molecule has 10 heteroatoms. The minimum Gasteiger partial charge on any atom is -0.494 e. The molecule has 10 nitrogen and oxygen atoms in total. The molecule has 30 heavy (non-hydrogen) atoms. The zero-order valence-corrected chi connectivity index (χ0v) is 17.3. The molecule has 0 aliphatic heterocycles. The van der Waals surface area contributed by atoms with Crippen LogP contribution in [0, 0.1) is 5.92 Å². The highest BCUT2D eigenvalue weighted by atomic mass is 16.5. The summed E-state index contributed by atoms with van der Waals surface area (Å²) in [6.07, 6.45) is 2.25. The van der Waals surface area contributed by atoms with Gasteiger partial charge in [0.15, 0.2) is 17.9 Å². The third kappa shape index (κ3) is 5.74. The first-order valence-corrected chi connectivity index (χ1v) is 9.23. The molecule has 1 aliphatic rings. The SMILES string of the molecule is CNC.COC(=O)c1cccc(Nc2cc(NC(=O)C3CC3)nnc2C=O)c1OC. The smallest absolute Gasteiger partial charge is 0.341 e. The predicted molar refractivity (Wildman–Crippen MR) is 111 cm³/mol. The van der Waals surface area contributed by atoms with Gasteiger partial charge in [0.05, 0.1) is 25.6 Å². The van der Waals surface area contributed by atoms with Gasteiger partial charge in [0.25, 0.3) is 0 Å². The van der Waals surface area contributed by atoms with Crippen LogP contribution >= 0.6 is 0 Å². The number of para-hydroxylation sites is 1. The fourth-order valence-corrected chi connectivity index (χ4v) is 2.49. The number of carbonyl (C=O) groups excluding carboxylic acids is 3. The van der Waals surface area contributed by atoms with E-state index in [2.05, 4.69) is 26.1 Å². The highest BCUT2D eigenvalue weighted by Gasteiger charge is 2.30. The minimum absolute atomic E-state index is 0.00536. The lowest BCUT2D eigenvalue weighted by Gasteiger charge is -2.15. The van der Waals surface area contributed by atoms with Crippen molar-refractivity contribution in [2.24, 2.45) is 5.92 Å². The second kappa shape index (κ2) is 10.9. The summed E-state index contributed by atoms with van der Waals surface area (Å²) in [5, 5.41) is 16.1. The maximum atomic E-state index is 11.9. The van der Waals surface area contributed by atoms with Crippen LogP contribution < -0.4 is 20.7 Å². The Morgan fingerprint density at radius 2 is 1.83 bits per heavy atom. The van der Waals surface area contributed by atoms with Gasteiger partial charge < -0.3 is 25.4 Å². The highest BCUT2D eigenvalue weighted by Crippen LogP contribution is 2.33. The van der Waals surface area contributed by atoms with Gasteiger partial charge in [-0.3, -0.25) is 9.59 Å².